The number of thiazole rings is 1. The third-order valence-electron chi connectivity index (χ3n) is 4.43. The third-order valence-corrected chi connectivity index (χ3v) is 6.70. The highest BCUT2D eigenvalue weighted by Gasteiger charge is 2.30. The highest BCUT2D eigenvalue weighted by Crippen LogP contribution is 2.30. The van der Waals surface area contributed by atoms with Crippen LogP contribution in [0.3, 0.4) is 0 Å². The van der Waals surface area contributed by atoms with Gasteiger partial charge < -0.3 is 0 Å². The number of benzene rings is 1. The van der Waals surface area contributed by atoms with Crippen molar-refractivity contribution in [3.05, 3.63) is 51.4 Å². The maximum Gasteiger partial charge on any atom is 0.216 e. The molecule has 0 spiro atoms. The van der Waals surface area contributed by atoms with Crippen LogP contribution in [0.4, 0.5) is 0 Å². The van der Waals surface area contributed by atoms with Crippen molar-refractivity contribution in [2.24, 2.45) is 0 Å². The molecule has 3 heterocycles. The van der Waals surface area contributed by atoms with Gasteiger partial charge in [-0.25, -0.2) is 4.68 Å². The molecule has 0 aliphatic heterocycles. The maximum atomic E-state index is 5.73. The Kier molecular flexibility index (Phi) is 3.55. The molecule has 3 aromatic heterocycles. The summed E-state index contributed by atoms with van der Waals surface area (Å²) in [6, 6.07) is 13.4. The molecule has 1 aliphatic rings. The molecule has 5 rings (SSSR count). The lowest BCUT2D eigenvalue weighted by atomic mass is 10.3. The summed E-state index contributed by atoms with van der Waals surface area (Å²) < 4.78 is 6.11. The molecular formula is C17H16N4S3. The Morgan fingerprint density at radius 1 is 1.21 bits per heavy atom. The Morgan fingerprint density at radius 2 is 2.08 bits per heavy atom. The van der Waals surface area contributed by atoms with Crippen molar-refractivity contribution < 1.29 is 0 Å². The van der Waals surface area contributed by atoms with Crippen LogP contribution in [-0.2, 0) is 13.2 Å². The second kappa shape index (κ2) is 5.77. The van der Waals surface area contributed by atoms with E-state index in [1.165, 1.54) is 22.4 Å². The fraction of sp³-hybridized carbons (Fsp3) is 0.294. The number of nitrogens with zero attached hydrogens (tertiary/aromatic N) is 4. The summed E-state index contributed by atoms with van der Waals surface area (Å²) >= 11 is 9.25. The van der Waals surface area contributed by atoms with Gasteiger partial charge in [0.1, 0.15) is 0 Å². The molecule has 4 nitrogen and oxygen atoms in total. The minimum absolute atomic E-state index is 0.672. The van der Waals surface area contributed by atoms with Crippen molar-refractivity contribution >= 4 is 50.1 Å². The summed E-state index contributed by atoms with van der Waals surface area (Å²) in [7, 11) is 0. The molecule has 0 unspecified atom stereocenters. The van der Waals surface area contributed by atoms with Crippen LogP contribution in [0.25, 0.3) is 15.2 Å². The first-order valence-corrected chi connectivity index (χ1v) is 10.1. The molecule has 1 fully saturated rings. The van der Waals surface area contributed by atoms with Crippen LogP contribution < -0.4 is 0 Å². The van der Waals surface area contributed by atoms with Gasteiger partial charge >= 0.3 is 0 Å². The fourth-order valence-corrected chi connectivity index (χ4v) is 5.18. The van der Waals surface area contributed by atoms with Crippen molar-refractivity contribution in [3.63, 3.8) is 0 Å². The molecule has 0 bridgehead atoms. The van der Waals surface area contributed by atoms with Crippen LogP contribution in [0.2, 0.25) is 0 Å². The van der Waals surface area contributed by atoms with E-state index in [4.69, 9.17) is 17.3 Å². The summed E-state index contributed by atoms with van der Waals surface area (Å²) in [6.45, 7) is 1.75. The monoisotopic (exact) mass is 372 g/mol. The van der Waals surface area contributed by atoms with E-state index >= 15 is 0 Å². The molecule has 24 heavy (non-hydrogen) atoms. The van der Waals surface area contributed by atoms with Gasteiger partial charge in [-0.15, -0.1) is 16.4 Å². The molecule has 0 amide bonds. The zero-order chi connectivity index (χ0) is 16.1. The molecule has 0 atom stereocenters. The molecule has 0 N–H and O–H groups in total. The molecule has 1 saturated carbocycles. The quantitative estimate of drug-likeness (QED) is 0.472. The number of thiophene rings is 1. The summed E-state index contributed by atoms with van der Waals surface area (Å²) in [5.41, 5.74) is 1.16. The first kappa shape index (κ1) is 14.8. The van der Waals surface area contributed by atoms with Gasteiger partial charge in [0.25, 0.3) is 0 Å². The summed E-state index contributed by atoms with van der Waals surface area (Å²) in [6.07, 6.45) is 2.56. The molecule has 1 aliphatic carbocycles. The van der Waals surface area contributed by atoms with Gasteiger partial charge in [0.15, 0.2) is 0 Å². The number of aromatic nitrogens is 3. The van der Waals surface area contributed by atoms with Gasteiger partial charge in [-0.1, -0.05) is 29.5 Å². The van der Waals surface area contributed by atoms with Gasteiger partial charge in [0.05, 0.1) is 16.9 Å². The van der Waals surface area contributed by atoms with Crippen molar-refractivity contribution in [3.8, 4) is 0 Å². The van der Waals surface area contributed by atoms with Crippen molar-refractivity contribution in [2.75, 3.05) is 0 Å². The standard InChI is InChI=1S/C17H16N4S3/c22-17-20(11-19(12-7-8-12)10-13-4-3-9-23-13)18-16-21(17)14-5-1-2-6-15(14)24-16/h1-6,9,12H,7-8,10-11H2. The van der Waals surface area contributed by atoms with E-state index in [2.05, 4.69) is 51.1 Å². The van der Waals surface area contributed by atoms with E-state index in [9.17, 15) is 0 Å². The number of hydrogen-bond donors (Lipinski definition) is 0. The molecule has 7 heteroatoms. The summed E-state index contributed by atoms with van der Waals surface area (Å²) in [5.74, 6) is 0. The van der Waals surface area contributed by atoms with E-state index in [1.54, 1.807) is 11.3 Å². The zero-order valence-corrected chi connectivity index (χ0v) is 15.4. The lowest BCUT2D eigenvalue weighted by Crippen LogP contribution is -2.28. The Labute approximate surface area is 152 Å². The van der Waals surface area contributed by atoms with Gasteiger partial charge in [-0.05, 0) is 48.6 Å². The largest absolute Gasteiger partial charge is 0.276 e. The number of fused-ring (bicyclic) bond motifs is 3. The Bertz CT molecular complexity index is 1050. The van der Waals surface area contributed by atoms with Gasteiger partial charge in [-0.2, -0.15) is 0 Å². The Morgan fingerprint density at radius 3 is 2.88 bits per heavy atom. The Hall–Kier alpha value is -1.54. The number of para-hydroxylation sites is 1. The zero-order valence-electron chi connectivity index (χ0n) is 13.0. The van der Waals surface area contributed by atoms with Gasteiger partial charge in [0.2, 0.25) is 9.73 Å². The second-order valence-electron chi connectivity index (χ2n) is 6.17. The highest BCUT2D eigenvalue weighted by atomic mass is 32.1. The van der Waals surface area contributed by atoms with Crippen LogP contribution >= 0.6 is 34.9 Å². The third kappa shape index (κ3) is 2.52. The SMILES string of the molecule is S=c1n(CN(Cc2cccs2)C2CC2)nc2sc3ccccc3n12. The summed E-state index contributed by atoms with van der Waals surface area (Å²) in [4.78, 5) is 4.88. The smallest absolute Gasteiger partial charge is 0.216 e. The first-order valence-electron chi connectivity index (χ1n) is 8.03. The van der Waals surface area contributed by atoms with Crippen LogP contribution in [0.1, 0.15) is 17.7 Å². The second-order valence-corrected chi connectivity index (χ2v) is 8.58. The topological polar surface area (TPSA) is 25.5 Å². The average molecular weight is 373 g/mol. The van der Waals surface area contributed by atoms with Gasteiger partial charge in [-0.3, -0.25) is 9.30 Å². The molecular weight excluding hydrogens is 356 g/mol. The van der Waals surface area contributed by atoms with E-state index < -0.39 is 0 Å². The highest BCUT2D eigenvalue weighted by molar-refractivity contribution is 7.71. The van der Waals surface area contributed by atoms with Crippen LogP contribution in [0.5, 0.6) is 0 Å². The predicted octanol–water partition coefficient (Wildman–Crippen LogP) is 4.76. The van der Waals surface area contributed by atoms with Gasteiger partial charge in [0, 0.05) is 17.5 Å². The van der Waals surface area contributed by atoms with Crippen LogP contribution in [0.15, 0.2) is 41.8 Å². The van der Waals surface area contributed by atoms with Crippen LogP contribution in [0, 0.1) is 4.77 Å². The van der Waals surface area contributed by atoms with E-state index in [0.717, 1.165) is 28.5 Å². The van der Waals surface area contributed by atoms with E-state index in [-0.39, 0.29) is 0 Å². The minimum Gasteiger partial charge on any atom is -0.276 e. The van der Waals surface area contributed by atoms with Crippen molar-refractivity contribution in [2.45, 2.75) is 32.1 Å². The summed E-state index contributed by atoms with van der Waals surface area (Å²) in [5, 5.41) is 6.93. The van der Waals surface area contributed by atoms with Crippen molar-refractivity contribution in [1.82, 2.24) is 19.1 Å². The minimum atomic E-state index is 0.672. The molecule has 4 aromatic rings. The number of rotatable bonds is 5. The lowest BCUT2D eigenvalue weighted by Gasteiger charge is -2.20. The first-order chi connectivity index (χ1) is 11.8. The number of hydrogen-bond acceptors (Lipinski definition) is 5. The lowest BCUT2D eigenvalue weighted by molar-refractivity contribution is 0.189. The Balaban J connectivity index is 1.51. The average Bonchev–Trinajstić information content (AvgIpc) is 3.06. The normalized spacial score (nSPS) is 15.0. The molecule has 1 aromatic carbocycles. The van der Waals surface area contributed by atoms with Crippen LogP contribution in [-0.4, -0.2) is 25.1 Å². The predicted molar refractivity (Wildman–Crippen MR) is 102 cm³/mol. The van der Waals surface area contributed by atoms with E-state index in [0.29, 0.717) is 6.04 Å². The van der Waals surface area contributed by atoms with Crippen molar-refractivity contribution in [1.29, 1.82) is 0 Å². The van der Waals surface area contributed by atoms with E-state index in [1.807, 2.05) is 16.0 Å². The molecule has 0 radical (unpaired) electrons. The molecule has 122 valence electrons. The maximum absolute atomic E-state index is 5.73. The molecule has 0 saturated heterocycles. The fourth-order valence-electron chi connectivity index (χ4n) is 3.09.